The first-order chi connectivity index (χ1) is 11.9. The van der Waals surface area contributed by atoms with Gasteiger partial charge in [0.15, 0.2) is 0 Å². The summed E-state index contributed by atoms with van der Waals surface area (Å²) in [6.07, 6.45) is 7.69. The van der Waals surface area contributed by atoms with Gasteiger partial charge < -0.3 is 14.6 Å². The van der Waals surface area contributed by atoms with E-state index in [-0.39, 0.29) is 0 Å². The van der Waals surface area contributed by atoms with Crippen molar-refractivity contribution in [3.8, 4) is 17.0 Å². The third-order valence-corrected chi connectivity index (χ3v) is 4.58. The van der Waals surface area contributed by atoms with E-state index in [1.165, 1.54) is 38.4 Å². The lowest BCUT2D eigenvalue weighted by Gasteiger charge is -2.23. The summed E-state index contributed by atoms with van der Waals surface area (Å²) in [7, 11) is 1.65. The van der Waals surface area contributed by atoms with Gasteiger partial charge in [-0.1, -0.05) is 36.6 Å². The third kappa shape index (κ3) is 2.68. The van der Waals surface area contributed by atoms with E-state index >= 15 is 0 Å². The molecule has 24 heavy (non-hydrogen) atoms. The quantitative estimate of drug-likeness (QED) is 0.781. The molecule has 6 nitrogen and oxygen atoms in total. The maximum Gasteiger partial charge on any atom is 0.263 e. The van der Waals surface area contributed by atoms with E-state index in [1.54, 1.807) is 7.11 Å². The van der Waals surface area contributed by atoms with Crippen LogP contribution in [-0.2, 0) is 0 Å². The van der Waals surface area contributed by atoms with Gasteiger partial charge in [-0.15, -0.1) is 0 Å². The second-order valence-electron chi connectivity index (χ2n) is 6.11. The van der Waals surface area contributed by atoms with Crippen LogP contribution in [0.15, 0.2) is 35.1 Å². The van der Waals surface area contributed by atoms with Crippen LogP contribution < -0.4 is 10.1 Å². The van der Waals surface area contributed by atoms with Gasteiger partial charge in [0, 0.05) is 11.6 Å². The fourth-order valence-corrected chi connectivity index (χ4v) is 3.36. The molecular weight excluding hydrogens is 304 g/mol. The van der Waals surface area contributed by atoms with E-state index in [9.17, 15) is 0 Å². The molecule has 4 rings (SSSR count). The number of anilines is 1. The first-order valence-corrected chi connectivity index (χ1v) is 8.37. The topological polar surface area (TPSA) is 73.1 Å². The molecule has 0 radical (unpaired) electrons. The molecule has 0 spiro atoms. The summed E-state index contributed by atoms with van der Waals surface area (Å²) in [5, 5.41) is 8.61. The molecule has 0 bridgehead atoms. The van der Waals surface area contributed by atoms with Gasteiger partial charge in [0.2, 0.25) is 0 Å². The van der Waals surface area contributed by atoms with Crippen molar-refractivity contribution >= 4 is 16.9 Å². The van der Waals surface area contributed by atoms with Crippen LogP contribution in [0.4, 0.5) is 5.82 Å². The summed E-state index contributed by atoms with van der Waals surface area (Å²) in [6.45, 7) is 0. The molecule has 3 aromatic rings. The molecule has 1 aromatic carbocycles. The Labute approximate surface area is 140 Å². The molecule has 1 aliphatic carbocycles. The van der Waals surface area contributed by atoms with Crippen molar-refractivity contribution in [1.29, 1.82) is 0 Å². The van der Waals surface area contributed by atoms with Crippen molar-refractivity contribution < 1.29 is 9.26 Å². The first-order valence-electron chi connectivity index (χ1n) is 8.37. The number of hydrogen-bond acceptors (Lipinski definition) is 6. The minimum Gasteiger partial charge on any atom is -0.496 e. The van der Waals surface area contributed by atoms with Crippen molar-refractivity contribution in [1.82, 2.24) is 15.1 Å². The molecule has 0 amide bonds. The molecule has 2 aromatic heterocycles. The van der Waals surface area contributed by atoms with Crippen LogP contribution in [0.3, 0.4) is 0 Å². The Hall–Kier alpha value is -2.63. The predicted octanol–water partition coefficient (Wildman–Crippen LogP) is 4.04. The highest BCUT2D eigenvalue weighted by atomic mass is 16.5. The van der Waals surface area contributed by atoms with Crippen molar-refractivity contribution in [2.75, 3.05) is 12.4 Å². The number of nitrogens with one attached hydrogen (secondary N) is 1. The van der Waals surface area contributed by atoms with Crippen molar-refractivity contribution in [2.45, 2.75) is 38.1 Å². The van der Waals surface area contributed by atoms with Crippen molar-refractivity contribution in [2.24, 2.45) is 0 Å². The highest BCUT2D eigenvalue weighted by Gasteiger charge is 2.21. The highest BCUT2D eigenvalue weighted by molar-refractivity contribution is 5.98. The summed E-state index contributed by atoms with van der Waals surface area (Å²) in [5.41, 5.74) is 2.07. The first kappa shape index (κ1) is 14.9. The largest absolute Gasteiger partial charge is 0.496 e. The second-order valence-corrected chi connectivity index (χ2v) is 6.11. The van der Waals surface area contributed by atoms with Gasteiger partial charge in [-0.3, -0.25) is 0 Å². The molecule has 0 aliphatic heterocycles. The van der Waals surface area contributed by atoms with Crippen molar-refractivity contribution in [3.05, 3.63) is 30.6 Å². The van der Waals surface area contributed by atoms with Crippen LogP contribution in [0.1, 0.15) is 32.1 Å². The Morgan fingerprint density at radius 2 is 1.96 bits per heavy atom. The fraction of sp³-hybridized carbons (Fsp3) is 0.389. The lowest BCUT2D eigenvalue weighted by Crippen LogP contribution is -2.23. The van der Waals surface area contributed by atoms with Gasteiger partial charge in [0.05, 0.1) is 7.11 Å². The molecule has 2 heterocycles. The number of rotatable bonds is 4. The molecule has 1 fully saturated rings. The zero-order valence-corrected chi connectivity index (χ0v) is 13.7. The number of methoxy groups -OCH3 is 1. The molecule has 1 aliphatic rings. The maximum atomic E-state index is 5.46. The van der Waals surface area contributed by atoms with Gasteiger partial charge in [-0.25, -0.2) is 4.98 Å². The number of fused-ring (bicyclic) bond motifs is 1. The van der Waals surface area contributed by atoms with E-state index in [0.717, 1.165) is 22.5 Å². The monoisotopic (exact) mass is 324 g/mol. The zero-order valence-electron chi connectivity index (χ0n) is 13.7. The van der Waals surface area contributed by atoms with Crippen molar-refractivity contribution in [3.63, 3.8) is 0 Å². The van der Waals surface area contributed by atoms with E-state index in [0.29, 0.717) is 17.4 Å². The van der Waals surface area contributed by atoms with Gasteiger partial charge in [0.25, 0.3) is 5.71 Å². The Morgan fingerprint density at radius 1 is 1.12 bits per heavy atom. The van der Waals surface area contributed by atoms with Crippen LogP contribution in [0.25, 0.3) is 22.4 Å². The number of hydrogen-bond donors (Lipinski definition) is 1. The Kier molecular flexibility index (Phi) is 4.02. The summed E-state index contributed by atoms with van der Waals surface area (Å²) < 4.78 is 10.9. The van der Waals surface area contributed by atoms with Gasteiger partial charge >= 0.3 is 0 Å². The number of benzene rings is 1. The van der Waals surface area contributed by atoms with E-state index < -0.39 is 0 Å². The van der Waals surface area contributed by atoms with E-state index in [4.69, 9.17) is 9.26 Å². The van der Waals surface area contributed by atoms with Crippen LogP contribution in [0, 0.1) is 0 Å². The molecular formula is C18H20N4O2. The van der Waals surface area contributed by atoms with Crippen LogP contribution in [0.2, 0.25) is 0 Å². The lowest BCUT2D eigenvalue weighted by molar-refractivity contribution is 0.414. The van der Waals surface area contributed by atoms with Crippen LogP contribution in [-0.4, -0.2) is 28.3 Å². The SMILES string of the molecule is COc1ccccc1-c1noc2ncnc(NC3CCCCC3)c12. The third-order valence-electron chi connectivity index (χ3n) is 4.58. The molecule has 6 heteroatoms. The average Bonchev–Trinajstić information content (AvgIpc) is 3.07. The Balaban J connectivity index is 1.79. The van der Waals surface area contributed by atoms with E-state index in [1.807, 2.05) is 24.3 Å². The lowest BCUT2D eigenvalue weighted by atomic mass is 9.95. The van der Waals surface area contributed by atoms with Gasteiger partial charge in [0.1, 0.15) is 29.0 Å². The standard InChI is InChI=1S/C18H20N4O2/c1-23-14-10-6-5-9-13(14)16-15-17(19-11-20-18(15)24-22-16)21-12-7-3-2-4-8-12/h5-6,9-12H,2-4,7-8H2,1H3,(H,19,20,21). The van der Waals surface area contributed by atoms with Crippen LogP contribution in [0.5, 0.6) is 5.75 Å². The van der Waals surface area contributed by atoms with Gasteiger partial charge in [-0.05, 0) is 25.0 Å². The van der Waals surface area contributed by atoms with Crippen LogP contribution >= 0.6 is 0 Å². The van der Waals surface area contributed by atoms with Gasteiger partial charge in [-0.2, -0.15) is 4.98 Å². The minimum atomic E-state index is 0.442. The number of ether oxygens (including phenoxy) is 1. The molecule has 1 N–H and O–H groups in total. The number of para-hydroxylation sites is 1. The molecule has 1 saturated carbocycles. The maximum absolute atomic E-state index is 5.46. The molecule has 124 valence electrons. The minimum absolute atomic E-state index is 0.442. The Bertz CT molecular complexity index is 840. The summed E-state index contributed by atoms with van der Waals surface area (Å²) in [6, 6.07) is 8.21. The molecule has 0 saturated heterocycles. The predicted molar refractivity (Wildman–Crippen MR) is 92.1 cm³/mol. The zero-order chi connectivity index (χ0) is 16.4. The Morgan fingerprint density at radius 3 is 2.79 bits per heavy atom. The highest BCUT2D eigenvalue weighted by Crippen LogP contribution is 2.36. The molecule has 0 atom stereocenters. The summed E-state index contributed by atoms with van der Waals surface area (Å²) in [4.78, 5) is 8.67. The second kappa shape index (κ2) is 6.47. The number of nitrogens with zero attached hydrogens (tertiary/aromatic N) is 3. The number of aromatic nitrogens is 3. The summed E-state index contributed by atoms with van der Waals surface area (Å²) in [5.74, 6) is 1.54. The normalized spacial score (nSPS) is 15.5. The average molecular weight is 324 g/mol. The summed E-state index contributed by atoms with van der Waals surface area (Å²) >= 11 is 0. The fourth-order valence-electron chi connectivity index (χ4n) is 3.36. The molecule has 0 unspecified atom stereocenters. The smallest absolute Gasteiger partial charge is 0.263 e. The van der Waals surface area contributed by atoms with E-state index in [2.05, 4.69) is 20.4 Å².